The first-order valence-corrected chi connectivity index (χ1v) is 7.98. The second-order valence-electron chi connectivity index (χ2n) is 8.90. The molecule has 21 heavy (non-hydrogen) atoms. The molecule has 126 valence electrons. The molecule has 1 aliphatic carbocycles. The van der Waals surface area contributed by atoms with Crippen LogP contribution in [0.15, 0.2) is 0 Å². The van der Waals surface area contributed by atoms with Crippen LogP contribution in [0.1, 0.15) is 54.9 Å². The summed E-state index contributed by atoms with van der Waals surface area (Å²) in [6, 6.07) is 0. The molecule has 3 unspecified atom stereocenters. The Morgan fingerprint density at radius 1 is 0.762 bits per heavy atom. The molecule has 0 spiro atoms. The van der Waals surface area contributed by atoms with Crippen LogP contribution in [-0.4, -0.2) is 39.1 Å². The van der Waals surface area contributed by atoms with Gasteiger partial charge in [-0.3, -0.25) is 0 Å². The molecular weight excluding hydrogens is 264 g/mol. The van der Waals surface area contributed by atoms with E-state index in [-0.39, 0.29) is 33.7 Å². The van der Waals surface area contributed by atoms with Gasteiger partial charge < -0.3 is 14.6 Å². The number of ether oxygens (including phenoxy) is 2. The minimum Gasteiger partial charge on any atom is -0.396 e. The summed E-state index contributed by atoms with van der Waals surface area (Å²) >= 11 is 0. The van der Waals surface area contributed by atoms with Crippen LogP contribution in [0.4, 0.5) is 0 Å². The van der Waals surface area contributed by atoms with Gasteiger partial charge >= 0.3 is 0 Å². The molecule has 0 aromatic carbocycles. The maximum absolute atomic E-state index is 10.2. The monoisotopic (exact) mass is 300 g/mol. The molecule has 1 rings (SSSR count). The van der Waals surface area contributed by atoms with Crippen LogP contribution in [0.5, 0.6) is 0 Å². The van der Waals surface area contributed by atoms with Gasteiger partial charge in [-0.25, -0.2) is 0 Å². The van der Waals surface area contributed by atoms with E-state index in [1.807, 2.05) is 0 Å². The average Bonchev–Trinajstić information content (AvgIpc) is 2.37. The highest BCUT2D eigenvalue weighted by molar-refractivity contribution is 5.16. The predicted octanol–water partition coefficient (Wildman–Crippen LogP) is 3.75. The summed E-state index contributed by atoms with van der Waals surface area (Å²) < 4.78 is 11.2. The lowest BCUT2D eigenvalue weighted by molar-refractivity contribution is -0.260. The molecule has 3 atom stereocenters. The molecule has 0 heterocycles. The molecule has 0 radical (unpaired) electrons. The van der Waals surface area contributed by atoms with Gasteiger partial charge in [0.2, 0.25) is 0 Å². The van der Waals surface area contributed by atoms with E-state index in [1.54, 1.807) is 14.2 Å². The van der Waals surface area contributed by atoms with Crippen molar-refractivity contribution in [2.75, 3.05) is 34.0 Å². The van der Waals surface area contributed by atoms with E-state index in [0.717, 1.165) is 6.42 Å². The van der Waals surface area contributed by atoms with Gasteiger partial charge in [0.15, 0.2) is 0 Å². The lowest BCUT2D eigenvalue weighted by Crippen LogP contribution is -2.68. The van der Waals surface area contributed by atoms with Crippen molar-refractivity contribution in [1.29, 1.82) is 0 Å². The van der Waals surface area contributed by atoms with Gasteiger partial charge in [-0.1, -0.05) is 48.5 Å². The minimum absolute atomic E-state index is 0.00990. The van der Waals surface area contributed by atoms with Crippen LogP contribution < -0.4 is 0 Å². The lowest BCUT2D eigenvalue weighted by Gasteiger charge is -2.71. The van der Waals surface area contributed by atoms with Crippen LogP contribution in [0.3, 0.4) is 0 Å². The van der Waals surface area contributed by atoms with Gasteiger partial charge in [0.1, 0.15) is 0 Å². The third-order valence-electron chi connectivity index (χ3n) is 7.81. The maximum Gasteiger partial charge on any atom is 0.0527 e. The fourth-order valence-electron chi connectivity index (χ4n) is 4.90. The van der Waals surface area contributed by atoms with Gasteiger partial charge in [-0.2, -0.15) is 0 Å². The largest absolute Gasteiger partial charge is 0.396 e. The second-order valence-corrected chi connectivity index (χ2v) is 8.90. The van der Waals surface area contributed by atoms with Crippen molar-refractivity contribution in [3.63, 3.8) is 0 Å². The normalized spacial score (nSPS) is 42.0. The summed E-state index contributed by atoms with van der Waals surface area (Å²) in [6.07, 6.45) is 0.931. The van der Waals surface area contributed by atoms with E-state index in [2.05, 4.69) is 48.5 Å². The first-order chi connectivity index (χ1) is 9.39. The molecule has 1 aliphatic rings. The zero-order valence-electron chi connectivity index (χ0n) is 15.6. The van der Waals surface area contributed by atoms with Gasteiger partial charge in [0.05, 0.1) is 13.2 Å². The van der Waals surface area contributed by atoms with Crippen LogP contribution in [0.25, 0.3) is 0 Å². The molecule has 0 aromatic rings. The molecule has 1 N–H and O–H groups in total. The molecular formula is C18H36O3. The summed E-state index contributed by atoms with van der Waals surface area (Å²) in [5.41, 5.74) is -0.261. The molecule has 0 aliphatic heterocycles. The highest BCUT2D eigenvalue weighted by atomic mass is 16.5. The smallest absolute Gasteiger partial charge is 0.0527 e. The molecule has 1 saturated carbocycles. The first-order valence-electron chi connectivity index (χ1n) is 7.98. The molecule has 0 amide bonds. The van der Waals surface area contributed by atoms with E-state index in [0.29, 0.717) is 13.2 Å². The van der Waals surface area contributed by atoms with Crippen molar-refractivity contribution in [2.45, 2.75) is 54.9 Å². The SMILES string of the molecule is COCC1(C)CC(C)(CO)C(C)(COC)C(C)(C)C1(C)C. The van der Waals surface area contributed by atoms with Crippen molar-refractivity contribution in [3.8, 4) is 0 Å². The van der Waals surface area contributed by atoms with Crippen LogP contribution in [0, 0.1) is 27.1 Å². The number of methoxy groups -OCH3 is 2. The number of hydrogen-bond donors (Lipinski definition) is 1. The number of rotatable bonds is 5. The number of aliphatic hydroxyl groups excluding tert-OH is 1. The van der Waals surface area contributed by atoms with E-state index < -0.39 is 0 Å². The Bertz CT molecular complexity index is 377. The van der Waals surface area contributed by atoms with E-state index in [9.17, 15) is 5.11 Å². The van der Waals surface area contributed by atoms with Crippen molar-refractivity contribution >= 4 is 0 Å². The van der Waals surface area contributed by atoms with E-state index >= 15 is 0 Å². The summed E-state index contributed by atoms with van der Waals surface area (Å²) in [6.45, 7) is 17.7. The first kappa shape index (κ1) is 18.9. The topological polar surface area (TPSA) is 38.7 Å². The summed E-state index contributed by atoms with van der Waals surface area (Å²) in [7, 11) is 3.53. The molecule has 1 fully saturated rings. The fraction of sp³-hybridized carbons (Fsp3) is 1.00. The molecule has 3 heteroatoms. The fourth-order valence-corrected chi connectivity index (χ4v) is 4.90. The van der Waals surface area contributed by atoms with Crippen molar-refractivity contribution in [3.05, 3.63) is 0 Å². The number of aliphatic hydroxyl groups is 1. The van der Waals surface area contributed by atoms with Crippen molar-refractivity contribution < 1.29 is 14.6 Å². The summed E-state index contributed by atoms with van der Waals surface area (Å²) in [4.78, 5) is 0. The van der Waals surface area contributed by atoms with E-state index in [1.165, 1.54) is 0 Å². The van der Waals surface area contributed by atoms with Gasteiger partial charge in [0.25, 0.3) is 0 Å². The zero-order valence-corrected chi connectivity index (χ0v) is 15.6. The quantitative estimate of drug-likeness (QED) is 0.840. The summed E-state index contributed by atoms with van der Waals surface area (Å²) in [5.74, 6) is 0. The Labute approximate surface area is 131 Å². The number of hydrogen-bond acceptors (Lipinski definition) is 3. The predicted molar refractivity (Wildman–Crippen MR) is 87.3 cm³/mol. The van der Waals surface area contributed by atoms with Gasteiger partial charge in [-0.05, 0) is 28.1 Å². The summed E-state index contributed by atoms with van der Waals surface area (Å²) in [5, 5.41) is 10.2. The maximum atomic E-state index is 10.2. The molecule has 0 aromatic heterocycles. The Hall–Kier alpha value is -0.120. The minimum atomic E-state index is -0.199. The Morgan fingerprint density at radius 3 is 1.62 bits per heavy atom. The molecule has 0 saturated heterocycles. The average molecular weight is 300 g/mol. The van der Waals surface area contributed by atoms with Gasteiger partial charge in [-0.15, -0.1) is 0 Å². The molecule has 3 nitrogen and oxygen atoms in total. The van der Waals surface area contributed by atoms with Crippen molar-refractivity contribution in [1.82, 2.24) is 0 Å². The third kappa shape index (κ3) is 2.27. The van der Waals surface area contributed by atoms with Crippen LogP contribution >= 0.6 is 0 Å². The highest BCUT2D eigenvalue weighted by Gasteiger charge is 2.68. The van der Waals surface area contributed by atoms with Crippen molar-refractivity contribution in [2.24, 2.45) is 27.1 Å². The third-order valence-corrected chi connectivity index (χ3v) is 7.81. The zero-order chi connectivity index (χ0) is 16.7. The lowest BCUT2D eigenvalue weighted by atomic mass is 9.34. The van der Waals surface area contributed by atoms with Crippen LogP contribution in [0.2, 0.25) is 0 Å². The van der Waals surface area contributed by atoms with E-state index in [4.69, 9.17) is 9.47 Å². The second kappa shape index (κ2) is 5.50. The Kier molecular flexibility index (Phi) is 4.96. The Morgan fingerprint density at radius 2 is 1.24 bits per heavy atom. The molecule has 0 bridgehead atoms. The highest BCUT2D eigenvalue weighted by Crippen LogP contribution is 2.72. The standard InChI is InChI=1S/C18H36O3/c1-14(2)15(3,4)18(7,13-21-9)16(5,11-19)10-17(14,6)12-20-8/h19H,10-13H2,1-9H3. The van der Waals surface area contributed by atoms with Gasteiger partial charge in [0, 0.05) is 26.2 Å². The Balaban J connectivity index is 3.52. The van der Waals surface area contributed by atoms with Crippen LogP contribution in [-0.2, 0) is 9.47 Å².